The van der Waals surface area contributed by atoms with Crippen LogP contribution in [0.25, 0.3) is 0 Å². The SMILES string of the molecule is CC1C(=O)N(CCCC(=O)OC(C)(C)C)CCN1C(=O)N(Cl)c1ccccc1. The molecule has 1 aromatic carbocycles. The van der Waals surface area contributed by atoms with Crippen LogP contribution in [0.15, 0.2) is 30.3 Å². The first-order chi connectivity index (χ1) is 13.1. The summed E-state index contributed by atoms with van der Waals surface area (Å²) in [6.07, 6.45) is 0.772. The van der Waals surface area contributed by atoms with Crippen LogP contribution in [0.2, 0.25) is 0 Å². The number of para-hydroxylation sites is 1. The number of benzene rings is 1. The predicted molar refractivity (Wildman–Crippen MR) is 108 cm³/mol. The van der Waals surface area contributed by atoms with Crippen molar-refractivity contribution < 1.29 is 19.1 Å². The number of carbonyl (C=O) groups excluding carboxylic acids is 3. The Bertz CT molecular complexity index is 705. The average molecular weight is 410 g/mol. The zero-order chi connectivity index (χ0) is 20.9. The molecule has 0 aromatic heterocycles. The van der Waals surface area contributed by atoms with E-state index in [1.165, 1.54) is 4.90 Å². The number of esters is 1. The van der Waals surface area contributed by atoms with E-state index in [1.807, 2.05) is 26.8 Å². The van der Waals surface area contributed by atoms with Crippen molar-refractivity contribution in [1.82, 2.24) is 9.80 Å². The van der Waals surface area contributed by atoms with Gasteiger partial charge < -0.3 is 14.5 Å². The van der Waals surface area contributed by atoms with Gasteiger partial charge in [0.2, 0.25) is 5.91 Å². The van der Waals surface area contributed by atoms with Gasteiger partial charge >= 0.3 is 12.0 Å². The van der Waals surface area contributed by atoms with Crippen molar-refractivity contribution in [1.29, 1.82) is 0 Å². The molecule has 0 spiro atoms. The van der Waals surface area contributed by atoms with Gasteiger partial charge in [0.15, 0.2) is 0 Å². The quantitative estimate of drug-likeness (QED) is 0.552. The summed E-state index contributed by atoms with van der Waals surface area (Å²) < 4.78 is 6.31. The van der Waals surface area contributed by atoms with Gasteiger partial charge in [-0.05, 0) is 46.2 Å². The summed E-state index contributed by atoms with van der Waals surface area (Å²) in [4.78, 5) is 40.3. The molecule has 0 N–H and O–H groups in total. The average Bonchev–Trinajstić information content (AvgIpc) is 2.63. The molecule has 2 rings (SSSR count). The van der Waals surface area contributed by atoms with E-state index in [1.54, 1.807) is 36.1 Å². The summed E-state index contributed by atoms with van der Waals surface area (Å²) in [7, 11) is 0. The number of urea groups is 1. The van der Waals surface area contributed by atoms with Crippen LogP contribution >= 0.6 is 11.8 Å². The molecule has 1 unspecified atom stereocenters. The fourth-order valence-electron chi connectivity index (χ4n) is 3.00. The van der Waals surface area contributed by atoms with Gasteiger partial charge in [-0.25, -0.2) is 9.21 Å². The van der Waals surface area contributed by atoms with Crippen LogP contribution in [0.1, 0.15) is 40.5 Å². The standard InChI is InChI=1S/C20H28ClN3O4/c1-15-18(26)22(12-8-11-17(25)28-20(2,3)4)13-14-23(15)19(27)24(21)16-9-6-5-7-10-16/h5-7,9-10,15H,8,11-14H2,1-4H3. The molecule has 0 radical (unpaired) electrons. The van der Waals surface area contributed by atoms with Gasteiger partial charge in [0.25, 0.3) is 0 Å². The Morgan fingerprint density at radius 2 is 1.86 bits per heavy atom. The lowest BCUT2D eigenvalue weighted by Gasteiger charge is -2.40. The molecule has 28 heavy (non-hydrogen) atoms. The van der Waals surface area contributed by atoms with Crippen LogP contribution in [-0.2, 0) is 14.3 Å². The lowest BCUT2D eigenvalue weighted by molar-refractivity contribution is -0.155. The maximum absolute atomic E-state index is 12.7. The van der Waals surface area contributed by atoms with E-state index in [9.17, 15) is 14.4 Å². The second kappa shape index (κ2) is 9.28. The van der Waals surface area contributed by atoms with Gasteiger partial charge in [0.1, 0.15) is 11.6 Å². The Kier molecular flexibility index (Phi) is 7.29. The molecule has 0 saturated carbocycles. The summed E-state index contributed by atoms with van der Waals surface area (Å²) >= 11 is 6.18. The van der Waals surface area contributed by atoms with E-state index in [0.29, 0.717) is 31.7 Å². The molecular weight excluding hydrogens is 382 g/mol. The van der Waals surface area contributed by atoms with Crippen molar-refractivity contribution in [3.05, 3.63) is 30.3 Å². The summed E-state index contributed by atoms with van der Waals surface area (Å²) in [6, 6.07) is 7.81. The Balaban J connectivity index is 1.87. The van der Waals surface area contributed by atoms with Crippen molar-refractivity contribution in [2.45, 2.75) is 52.2 Å². The summed E-state index contributed by atoms with van der Waals surface area (Å²) in [5.74, 6) is -0.427. The Labute approximate surface area is 171 Å². The van der Waals surface area contributed by atoms with Gasteiger partial charge in [-0.3, -0.25) is 9.59 Å². The van der Waals surface area contributed by atoms with Crippen LogP contribution in [0.3, 0.4) is 0 Å². The van der Waals surface area contributed by atoms with Crippen LogP contribution in [0, 0.1) is 0 Å². The van der Waals surface area contributed by atoms with E-state index >= 15 is 0 Å². The van der Waals surface area contributed by atoms with E-state index in [-0.39, 0.29) is 18.3 Å². The van der Waals surface area contributed by atoms with Crippen LogP contribution in [-0.4, -0.2) is 59.0 Å². The minimum atomic E-state index is -0.618. The van der Waals surface area contributed by atoms with Gasteiger partial charge in [0.05, 0.1) is 5.69 Å². The third-order valence-corrected chi connectivity index (χ3v) is 4.71. The van der Waals surface area contributed by atoms with E-state index in [4.69, 9.17) is 16.5 Å². The number of nitrogens with zero attached hydrogens (tertiary/aromatic N) is 3. The topological polar surface area (TPSA) is 70.2 Å². The number of ether oxygens (including phenoxy) is 1. The first-order valence-corrected chi connectivity index (χ1v) is 9.76. The molecule has 1 aliphatic heterocycles. The highest BCUT2D eigenvalue weighted by Crippen LogP contribution is 2.21. The molecule has 154 valence electrons. The van der Waals surface area contributed by atoms with Crippen molar-refractivity contribution in [2.75, 3.05) is 24.1 Å². The molecule has 1 atom stereocenters. The fraction of sp³-hybridized carbons (Fsp3) is 0.550. The Morgan fingerprint density at radius 1 is 1.21 bits per heavy atom. The molecule has 1 fully saturated rings. The van der Waals surface area contributed by atoms with Crippen molar-refractivity contribution in [2.24, 2.45) is 0 Å². The molecule has 8 heteroatoms. The van der Waals surface area contributed by atoms with E-state index in [2.05, 4.69) is 0 Å². The number of anilines is 1. The number of amides is 3. The highest BCUT2D eigenvalue weighted by atomic mass is 35.5. The monoisotopic (exact) mass is 409 g/mol. The maximum Gasteiger partial charge on any atom is 0.340 e. The fourth-order valence-corrected chi connectivity index (χ4v) is 3.21. The van der Waals surface area contributed by atoms with Gasteiger partial charge in [-0.1, -0.05) is 18.2 Å². The van der Waals surface area contributed by atoms with Gasteiger partial charge in [-0.2, -0.15) is 0 Å². The van der Waals surface area contributed by atoms with E-state index < -0.39 is 17.7 Å². The largest absolute Gasteiger partial charge is 0.460 e. The predicted octanol–water partition coefficient (Wildman–Crippen LogP) is 3.42. The summed E-state index contributed by atoms with van der Waals surface area (Å²) in [6.45, 7) is 8.40. The van der Waals surface area contributed by atoms with Crippen molar-refractivity contribution >= 4 is 35.4 Å². The number of hydrogen-bond donors (Lipinski definition) is 0. The minimum absolute atomic E-state index is 0.151. The van der Waals surface area contributed by atoms with Gasteiger partial charge in [0, 0.05) is 37.8 Å². The van der Waals surface area contributed by atoms with Crippen LogP contribution in [0.5, 0.6) is 0 Å². The van der Waals surface area contributed by atoms with Crippen LogP contribution in [0.4, 0.5) is 10.5 Å². The van der Waals surface area contributed by atoms with E-state index in [0.717, 1.165) is 4.42 Å². The van der Waals surface area contributed by atoms with Gasteiger partial charge in [-0.15, -0.1) is 0 Å². The van der Waals surface area contributed by atoms with Crippen molar-refractivity contribution in [3.63, 3.8) is 0 Å². The first-order valence-electron chi connectivity index (χ1n) is 9.42. The first kappa shape index (κ1) is 22.0. The minimum Gasteiger partial charge on any atom is -0.460 e. The highest BCUT2D eigenvalue weighted by molar-refractivity contribution is 6.36. The Hall–Kier alpha value is -2.28. The highest BCUT2D eigenvalue weighted by Gasteiger charge is 2.36. The third kappa shape index (κ3) is 5.86. The number of hydrogen-bond acceptors (Lipinski definition) is 4. The molecular formula is C20H28ClN3O4. The number of piperazine rings is 1. The zero-order valence-electron chi connectivity index (χ0n) is 16.9. The molecule has 1 aliphatic rings. The normalized spacial score (nSPS) is 17.5. The molecule has 7 nitrogen and oxygen atoms in total. The Morgan fingerprint density at radius 3 is 2.46 bits per heavy atom. The number of halogens is 1. The second-order valence-corrected chi connectivity index (χ2v) is 8.12. The van der Waals surface area contributed by atoms with Crippen molar-refractivity contribution in [3.8, 4) is 0 Å². The third-order valence-electron chi connectivity index (χ3n) is 4.37. The molecule has 1 aromatic rings. The summed E-state index contributed by atoms with van der Waals surface area (Å²) in [5.41, 5.74) is 0.0353. The molecule has 3 amide bonds. The molecule has 1 heterocycles. The number of rotatable bonds is 5. The molecule has 1 saturated heterocycles. The van der Waals surface area contributed by atoms with Crippen LogP contribution < -0.4 is 4.42 Å². The lowest BCUT2D eigenvalue weighted by atomic mass is 10.1. The smallest absolute Gasteiger partial charge is 0.340 e. The maximum atomic E-state index is 12.7. The lowest BCUT2D eigenvalue weighted by Crippen LogP contribution is -2.59. The number of carbonyl (C=O) groups is 3. The summed E-state index contributed by atoms with van der Waals surface area (Å²) in [5, 5.41) is 0. The second-order valence-electron chi connectivity index (χ2n) is 7.78. The molecule has 0 aliphatic carbocycles. The molecule has 0 bridgehead atoms. The zero-order valence-corrected chi connectivity index (χ0v) is 17.6.